The number of carbonyl (C=O) groups is 2. The van der Waals surface area contributed by atoms with E-state index < -0.39 is 18.2 Å². The lowest BCUT2D eigenvalue weighted by atomic mass is 9.82. The van der Waals surface area contributed by atoms with Gasteiger partial charge in [0.05, 0.1) is 36.0 Å². The summed E-state index contributed by atoms with van der Waals surface area (Å²) in [4.78, 5) is 28.3. The third-order valence-corrected chi connectivity index (χ3v) is 7.87. The van der Waals surface area contributed by atoms with Gasteiger partial charge in [0.2, 0.25) is 11.8 Å². The average Bonchev–Trinajstić information content (AvgIpc) is 2.88. The largest absolute Gasteiger partial charge is 0.493 e. The van der Waals surface area contributed by atoms with E-state index in [2.05, 4.69) is 27.9 Å². The Hall–Kier alpha value is -1.93. The molecule has 2 aliphatic rings. The summed E-state index contributed by atoms with van der Waals surface area (Å²) in [5.41, 5.74) is 1.01. The van der Waals surface area contributed by atoms with Crippen molar-refractivity contribution < 1.29 is 39.1 Å². The van der Waals surface area contributed by atoms with Crippen molar-refractivity contribution in [2.75, 3.05) is 33.4 Å². The maximum Gasteiger partial charge on any atom is 0.247 e. The van der Waals surface area contributed by atoms with E-state index in [9.17, 15) is 24.9 Å². The Morgan fingerprint density at radius 3 is 2.56 bits per heavy atom. The summed E-state index contributed by atoms with van der Waals surface area (Å²) in [5, 5.41) is 33.1. The molecule has 4 N–H and O–H groups in total. The van der Waals surface area contributed by atoms with E-state index >= 15 is 0 Å². The number of hydrogen-bond donors (Lipinski definition) is 4. The fraction of sp³-hybridized carbons (Fsp3) is 0.643. The molecule has 0 aliphatic heterocycles. The first kappa shape index (κ1) is 31.6. The standard InChI is InChI=1S/C28H41IN2O8/c1-17(2)38-11-5-9-31(28(36)19-6-4-7-19)22-14-20(27(35)30-8-10-32)15-23(25(22)34)39-26-21(29)12-18(16-33)13-24(26)37-3/h12-13,15,17,19,22-23,25,32-34H,4-11,14,16H2,1-3H3,(H,30,35)/t22-,23+,25+/m1/s1. The first-order valence-corrected chi connectivity index (χ1v) is 14.6. The summed E-state index contributed by atoms with van der Waals surface area (Å²) in [6, 6.07) is 2.72. The molecule has 2 aliphatic carbocycles. The monoisotopic (exact) mass is 660 g/mol. The quantitative estimate of drug-likeness (QED) is 0.176. The molecule has 1 aromatic carbocycles. The molecule has 3 atom stereocenters. The highest BCUT2D eigenvalue weighted by atomic mass is 127. The number of aliphatic hydroxyl groups excluding tert-OH is 3. The van der Waals surface area contributed by atoms with Crippen molar-refractivity contribution in [1.82, 2.24) is 10.2 Å². The highest BCUT2D eigenvalue weighted by molar-refractivity contribution is 14.1. The molecule has 3 rings (SSSR count). The molecule has 0 heterocycles. The van der Waals surface area contributed by atoms with Gasteiger partial charge in [-0.3, -0.25) is 9.59 Å². The molecule has 39 heavy (non-hydrogen) atoms. The highest BCUT2D eigenvalue weighted by Crippen LogP contribution is 2.38. The van der Waals surface area contributed by atoms with Gasteiger partial charge in [-0.2, -0.15) is 0 Å². The van der Waals surface area contributed by atoms with E-state index in [0.29, 0.717) is 45.8 Å². The SMILES string of the molecule is COc1cc(CO)cc(I)c1O[C@H]1C=C(C(=O)NCCO)C[C@@H](N(CCCOC(C)C)C(=O)C2CCC2)[C@@H]1O. The fourth-order valence-corrected chi connectivity index (χ4v) is 5.57. The molecule has 0 unspecified atom stereocenters. The van der Waals surface area contributed by atoms with Gasteiger partial charge in [-0.25, -0.2) is 0 Å². The first-order valence-electron chi connectivity index (χ1n) is 13.5. The second-order valence-electron chi connectivity index (χ2n) is 10.2. The van der Waals surface area contributed by atoms with Crippen LogP contribution >= 0.6 is 22.6 Å². The number of hydrogen-bond acceptors (Lipinski definition) is 8. The van der Waals surface area contributed by atoms with Crippen LogP contribution in [0, 0.1) is 9.49 Å². The van der Waals surface area contributed by atoms with Gasteiger partial charge in [0.25, 0.3) is 0 Å². The minimum absolute atomic E-state index is 0.0231. The van der Waals surface area contributed by atoms with Crippen molar-refractivity contribution in [3.05, 3.63) is 32.9 Å². The van der Waals surface area contributed by atoms with Gasteiger partial charge >= 0.3 is 0 Å². The Bertz CT molecular complexity index is 1010. The number of ether oxygens (including phenoxy) is 3. The zero-order valence-corrected chi connectivity index (χ0v) is 25.1. The summed E-state index contributed by atoms with van der Waals surface area (Å²) >= 11 is 2.07. The summed E-state index contributed by atoms with van der Waals surface area (Å²) < 4.78 is 18.1. The third kappa shape index (κ3) is 8.29. The molecule has 10 nitrogen and oxygen atoms in total. The summed E-state index contributed by atoms with van der Waals surface area (Å²) in [7, 11) is 1.49. The lowest BCUT2D eigenvalue weighted by Crippen LogP contribution is -2.57. The van der Waals surface area contributed by atoms with Crippen molar-refractivity contribution in [2.45, 2.75) is 76.9 Å². The zero-order valence-electron chi connectivity index (χ0n) is 22.9. The summed E-state index contributed by atoms with van der Waals surface area (Å²) in [5.74, 6) is 0.255. The van der Waals surface area contributed by atoms with E-state index in [1.165, 1.54) is 7.11 Å². The van der Waals surface area contributed by atoms with Crippen molar-refractivity contribution >= 4 is 34.4 Å². The fourth-order valence-electron chi connectivity index (χ4n) is 4.78. The Morgan fingerprint density at radius 2 is 1.97 bits per heavy atom. The number of methoxy groups -OCH3 is 1. The van der Waals surface area contributed by atoms with Gasteiger partial charge in [0, 0.05) is 37.6 Å². The van der Waals surface area contributed by atoms with Gasteiger partial charge in [-0.15, -0.1) is 0 Å². The lowest BCUT2D eigenvalue weighted by Gasteiger charge is -2.43. The van der Waals surface area contributed by atoms with Crippen LogP contribution in [-0.4, -0.2) is 89.8 Å². The number of nitrogens with zero attached hydrogens (tertiary/aromatic N) is 1. The van der Waals surface area contributed by atoms with Crippen LogP contribution in [0.5, 0.6) is 11.5 Å². The van der Waals surface area contributed by atoms with E-state index in [4.69, 9.17) is 14.2 Å². The third-order valence-electron chi connectivity index (χ3n) is 7.07. The molecule has 0 saturated heterocycles. The second-order valence-corrected chi connectivity index (χ2v) is 11.4. The zero-order chi connectivity index (χ0) is 28.5. The van der Waals surface area contributed by atoms with Crippen LogP contribution in [0.1, 0.15) is 51.5 Å². The van der Waals surface area contributed by atoms with E-state index in [1.54, 1.807) is 23.1 Å². The van der Waals surface area contributed by atoms with Crippen molar-refractivity contribution in [3.63, 3.8) is 0 Å². The molecule has 218 valence electrons. The molecule has 11 heteroatoms. The molecule has 2 amide bonds. The highest BCUT2D eigenvalue weighted by Gasteiger charge is 2.42. The Balaban J connectivity index is 1.94. The second kappa shape index (κ2) is 15.2. The molecule has 1 aromatic rings. The number of benzene rings is 1. The maximum atomic E-state index is 13.6. The van der Waals surface area contributed by atoms with Crippen LogP contribution < -0.4 is 14.8 Å². The summed E-state index contributed by atoms with van der Waals surface area (Å²) in [6.07, 6.45) is 2.94. The number of aliphatic hydroxyl groups is 3. The molecule has 0 bridgehead atoms. The summed E-state index contributed by atoms with van der Waals surface area (Å²) in [6.45, 7) is 4.47. The predicted molar refractivity (Wildman–Crippen MR) is 153 cm³/mol. The lowest BCUT2D eigenvalue weighted by molar-refractivity contribution is -0.145. The molecule has 1 fully saturated rings. The molecule has 1 saturated carbocycles. The smallest absolute Gasteiger partial charge is 0.247 e. The first-order chi connectivity index (χ1) is 18.7. The van der Waals surface area contributed by atoms with Crippen molar-refractivity contribution in [1.29, 1.82) is 0 Å². The predicted octanol–water partition coefficient (Wildman–Crippen LogP) is 2.15. The van der Waals surface area contributed by atoms with Crippen LogP contribution in [0.15, 0.2) is 23.8 Å². The number of amides is 2. The normalized spacial score (nSPS) is 21.2. The average molecular weight is 661 g/mol. The maximum absolute atomic E-state index is 13.6. The minimum Gasteiger partial charge on any atom is -0.493 e. The van der Waals surface area contributed by atoms with E-state index in [1.807, 2.05) is 13.8 Å². The number of halogens is 1. The van der Waals surface area contributed by atoms with Gasteiger partial charge in [0.1, 0.15) is 12.2 Å². The molecule has 0 radical (unpaired) electrons. The van der Waals surface area contributed by atoms with Crippen LogP contribution in [-0.2, 0) is 20.9 Å². The van der Waals surface area contributed by atoms with Crippen LogP contribution in [0.4, 0.5) is 0 Å². The van der Waals surface area contributed by atoms with Crippen LogP contribution in [0.2, 0.25) is 0 Å². The minimum atomic E-state index is -1.12. The topological polar surface area (TPSA) is 138 Å². The van der Waals surface area contributed by atoms with E-state index in [-0.39, 0.29) is 50.0 Å². The number of carbonyl (C=O) groups excluding carboxylic acids is 2. The number of nitrogens with one attached hydrogen (secondary N) is 1. The Labute approximate surface area is 243 Å². The molecule has 0 aromatic heterocycles. The molecular weight excluding hydrogens is 619 g/mol. The van der Waals surface area contributed by atoms with Gasteiger partial charge in [-0.05, 0) is 79.5 Å². The van der Waals surface area contributed by atoms with Gasteiger partial charge < -0.3 is 39.7 Å². The van der Waals surface area contributed by atoms with Crippen LogP contribution in [0.25, 0.3) is 0 Å². The molecular formula is C28H41IN2O8. The van der Waals surface area contributed by atoms with Crippen LogP contribution in [0.3, 0.4) is 0 Å². The number of rotatable bonds is 14. The Kier molecular flexibility index (Phi) is 12.3. The van der Waals surface area contributed by atoms with Crippen molar-refractivity contribution in [3.8, 4) is 11.5 Å². The molecule has 0 spiro atoms. The van der Waals surface area contributed by atoms with Gasteiger partial charge in [0.15, 0.2) is 11.5 Å². The van der Waals surface area contributed by atoms with E-state index in [0.717, 1.165) is 19.3 Å². The van der Waals surface area contributed by atoms with Crippen molar-refractivity contribution in [2.24, 2.45) is 5.92 Å². The Morgan fingerprint density at radius 1 is 1.23 bits per heavy atom. The van der Waals surface area contributed by atoms with Gasteiger partial charge in [-0.1, -0.05) is 6.42 Å².